The summed E-state index contributed by atoms with van der Waals surface area (Å²) in [5.41, 5.74) is 18.3. The van der Waals surface area contributed by atoms with E-state index < -0.39 is 0 Å². The van der Waals surface area contributed by atoms with Gasteiger partial charge in [-0.2, -0.15) is 0 Å². The molecule has 0 saturated carbocycles. The van der Waals surface area contributed by atoms with Gasteiger partial charge in [-0.05, 0) is 122 Å². The largest absolute Gasteiger partial charge is 0.344 e. The van der Waals surface area contributed by atoms with Crippen LogP contribution in [-0.4, -0.2) is 20.4 Å². The maximum Gasteiger partial charge on any atom is 0.150 e. The highest BCUT2D eigenvalue weighted by molar-refractivity contribution is 5.95. The van der Waals surface area contributed by atoms with Gasteiger partial charge in [0, 0.05) is 53.5 Å². The first-order chi connectivity index (χ1) is 29.5. The average molecular weight is 773 g/mol. The summed E-state index contributed by atoms with van der Waals surface area (Å²) in [6, 6.07) is 78.9. The van der Waals surface area contributed by atoms with E-state index in [2.05, 4.69) is 218 Å². The lowest BCUT2D eigenvalue weighted by Gasteiger charge is -2.25. The van der Waals surface area contributed by atoms with Crippen LogP contribution in [0.25, 0.3) is 66.8 Å². The molecular weight excluding hydrogens is 729 g/mol. The number of aldehydes is 1. The van der Waals surface area contributed by atoms with Crippen molar-refractivity contribution < 1.29 is 4.79 Å². The Morgan fingerprint density at radius 3 is 1.20 bits per heavy atom. The van der Waals surface area contributed by atoms with Crippen LogP contribution >= 0.6 is 0 Å². The molecule has 9 aromatic rings. The van der Waals surface area contributed by atoms with Gasteiger partial charge in [0.2, 0.25) is 0 Å². The van der Waals surface area contributed by atoms with Gasteiger partial charge in [-0.15, -0.1) is 0 Å². The second-order valence-electron chi connectivity index (χ2n) is 15.1. The van der Waals surface area contributed by atoms with E-state index >= 15 is 0 Å². The first kappa shape index (κ1) is 37.8. The molecule has 0 amide bonds. The molecule has 0 bridgehead atoms. The second-order valence-corrected chi connectivity index (χ2v) is 15.1. The summed E-state index contributed by atoms with van der Waals surface area (Å²) < 4.78 is 0. The quantitative estimate of drug-likeness (QED) is 0.122. The van der Waals surface area contributed by atoms with Crippen LogP contribution in [0.3, 0.4) is 0 Å². The van der Waals surface area contributed by atoms with E-state index in [1.807, 2.05) is 30.3 Å². The van der Waals surface area contributed by atoms with Gasteiger partial charge in [0.1, 0.15) is 0 Å². The maximum atomic E-state index is 12.5. The second kappa shape index (κ2) is 17.0. The van der Waals surface area contributed by atoms with Crippen molar-refractivity contribution in [3.05, 3.63) is 230 Å². The number of hydrogen-bond acceptors (Lipinski definition) is 3. The topological polar surface area (TPSA) is 23.6 Å². The van der Waals surface area contributed by atoms with Gasteiger partial charge in [0.05, 0.1) is 0 Å². The minimum absolute atomic E-state index is 0.650. The smallest absolute Gasteiger partial charge is 0.150 e. The van der Waals surface area contributed by atoms with Crippen LogP contribution in [-0.2, 0) is 0 Å². The molecule has 0 aliphatic rings. The highest BCUT2D eigenvalue weighted by Crippen LogP contribution is 2.42. The fourth-order valence-corrected chi connectivity index (χ4v) is 8.12. The molecule has 0 aromatic heterocycles. The molecule has 0 saturated heterocycles. The third-order valence-corrected chi connectivity index (χ3v) is 11.4. The van der Waals surface area contributed by atoms with Gasteiger partial charge in [0.25, 0.3) is 0 Å². The van der Waals surface area contributed by atoms with Gasteiger partial charge < -0.3 is 9.80 Å². The van der Waals surface area contributed by atoms with E-state index in [1.54, 1.807) is 0 Å². The van der Waals surface area contributed by atoms with Crippen molar-refractivity contribution in [1.29, 1.82) is 0 Å². The van der Waals surface area contributed by atoms with Crippen LogP contribution in [0.1, 0.15) is 10.4 Å². The first-order valence-corrected chi connectivity index (χ1v) is 20.3. The van der Waals surface area contributed by atoms with Crippen LogP contribution in [0.15, 0.2) is 224 Å². The summed E-state index contributed by atoms with van der Waals surface area (Å²) in [7, 11) is 4.22. The van der Waals surface area contributed by atoms with E-state index in [-0.39, 0.29) is 0 Å². The zero-order valence-corrected chi connectivity index (χ0v) is 33.7. The molecule has 9 aromatic carbocycles. The highest BCUT2D eigenvalue weighted by Gasteiger charge is 2.18. The number of benzene rings is 9. The Bertz CT molecular complexity index is 2830. The summed E-state index contributed by atoms with van der Waals surface area (Å²) in [6.45, 7) is 0. The molecule has 288 valence electrons. The Balaban J connectivity index is 1.11. The molecule has 60 heavy (non-hydrogen) atoms. The third kappa shape index (κ3) is 7.77. The van der Waals surface area contributed by atoms with E-state index in [0.717, 1.165) is 73.5 Å². The van der Waals surface area contributed by atoms with Crippen molar-refractivity contribution in [3.63, 3.8) is 0 Å². The summed E-state index contributed by atoms with van der Waals surface area (Å²) in [4.78, 5) is 17.0. The van der Waals surface area contributed by atoms with Crippen LogP contribution in [0.2, 0.25) is 0 Å². The van der Waals surface area contributed by atoms with Crippen molar-refractivity contribution in [1.82, 2.24) is 0 Å². The molecule has 0 aliphatic carbocycles. The zero-order chi connectivity index (χ0) is 40.8. The standard InChI is InChI=1S/C57H44N2O/c1-58(51-24-13-6-14-25-51)56-33-29-45(38-54(56)44-21-11-5-12-22-44)46-30-34-57(55(39-46)53-26-16-15-23-47(53)40-60)59(2)52-31-27-43(28-32-52)50-36-48(41-17-7-3-8-18-41)35-49(37-50)42-19-9-4-10-20-42/h3-40H,1-2H3. The number of nitrogens with zero attached hydrogens (tertiary/aromatic N) is 2. The van der Waals surface area contributed by atoms with Crippen molar-refractivity contribution in [2.24, 2.45) is 0 Å². The fourth-order valence-electron chi connectivity index (χ4n) is 8.12. The number of carbonyl (C=O) groups is 1. The molecule has 3 nitrogen and oxygen atoms in total. The Kier molecular flexibility index (Phi) is 10.7. The Morgan fingerprint density at radius 1 is 0.300 bits per heavy atom. The molecule has 0 heterocycles. The molecule has 0 aliphatic heterocycles. The molecular formula is C57H44N2O. The minimum atomic E-state index is 0.650. The van der Waals surface area contributed by atoms with E-state index in [9.17, 15) is 4.79 Å². The minimum Gasteiger partial charge on any atom is -0.344 e. The predicted molar refractivity (Wildman–Crippen MR) is 253 cm³/mol. The fraction of sp³-hybridized carbons (Fsp3) is 0.0351. The lowest BCUT2D eigenvalue weighted by atomic mass is 9.92. The van der Waals surface area contributed by atoms with Crippen LogP contribution < -0.4 is 9.80 Å². The van der Waals surface area contributed by atoms with Crippen molar-refractivity contribution >= 4 is 29.0 Å². The molecule has 0 N–H and O–H groups in total. The van der Waals surface area contributed by atoms with Gasteiger partial charge in [0.15, 0.2) is 6.29 Å². The number of anilines is 4. The lowest BCUT2D eigenvalue weighted by Crippen LogP contribution is -2.11. The maximum absolute atomic E-state index is 12.5. The van der Waals surface area contributed by atoms with E-state index in [4.69, 9.17) is 0 Å². The average Bonchev–Trinajstić information content (AvgIpc) is 3.34. The molecule has 9 rings (SSSR count). The third-order valence-electron chi connectivity index (χ3n) is 11.4. The molecule has 0 atom stereocenters. The van der Waals surface area contributed by atoms with Crippen LogP contribution in [0, 0.1) is 0 Å². The Hall–Kier alpha value is -7.75. The van der Waals surface area contributed by atoms with Crippen LogP contribution in [0.4, 0.5) is 22.7 Å². The van der Waals surface area contributed by atoms with Gasteiger partial charge in [-0.3, -0.25) is 4.79 Å². The van der Waals surface area contributed by atoms with Crippen molar-refractivity contribution in [3.8, 4) is 66.8 Å². The number of rotatable bonds is 11. The van der Waals surface area contributed by atoms with Crippen molar-refractivity contribution in [2.45, 2.75) is 0 Å². The summed E-state index contributed by atoms with van der Waals surface area (Å²) in [5, 5.41) is 0. The lowest BCUT2D eigenvalue weighted by molar-refractivity contribution is 0.112. The van der Waals surface area contributed by atoms with Crippen molar-refractivity contribution in [2.75, 3.05) is 23.9 Å². The predicted octanol–water partition coefficient (Wildman–Crippen LogP) is 15.0. The van der Waals surface area contributed by atoms with Gasteiger partial charge in [-0.25, -0.2) is 0 Å². The number of para-hydroxylation sites is 1. The Morgan fingerprint density at radius 2 is 0.683 bits per heavy atom. The highest BCUT2D eigenvalue weighted by atomic mass is 16.1. The normalized spacial score (nSPS) is 10.9. The molecule has 0 spiro atoms. The van der Waals surface area contributed by atoms with Gasteiger partial charge in [-0.1, -0.05) is 158 Å². The van der Waals surface area contributed by atoms with Crippen LogP contribution in [0.5, 0.6) is 0 Å². The van der Waals surface area contributed by atoms with E-state index in [0.29, 0.717) is 5.56 Å². The number of carbonyl (C=O) groups excluding carboxylic acids is 1. The molecule has 3 heteroatoms. The van der Waals surface area contributed by atoms with Gasteiger partial charge >= 0.3 is 0 Å². The SMILES string of the molecule is CN(c1ccccc1)c1ccc(-c2ccc(N(C)c3ccc(-c4cc(-c5ccccc5)cc(-c5ccccc5)c4)cc3)c(-c3ccccc3C=O)c2)cc1-c1ccccc1. The Labute approximate surface area is 353 Å². The zero-order valence-electron chi connectivity index (χ0n) is 33.7. The van der Waals surface area contributed by atoms with E-state index in [1.165, 1.54) is 22.3 Å². The molecule has 0 radical (unpaired) electrons. The summed E-state index contributed by atoms with van der Waals surface area (Å²) in [5.74, 6) is 0. The monoisotopic (exact) mass is 772 g/mol. The summed E-state index contributed by atoms with van der Waals surface area (Å²) >= 11 is 0. The molecule has 0 unspecified atom stereocenters. The summed E-state index contributed by atoms with van der Waals surface area (Å²) in [6.07, 6.45) is 0.954. The number of hydrogen-bond donors (Lipinski definition) is 0. The first-order valence-electron chi connectivity index (χ1n) is 20.3. The molecule has 0 fully saturated rings.